The van der Waals surface area contributed by atoms with Gasteiger partial charge in [0.2, 0.25) is 5.96 Å². The zero-order chi connectivity index (χ0) is 24.9. The van der Waals surface area contributed by atoms with Gasteiger partial charge in [-0.05, 0) is 55.3 Å². The van der Waals surface area contributed by atoms with Gasteiger partial charge in [-0.15, -0.1) is 0 Å². The molecule has 0 unspecified atom stereocenters. The average molecular weight is 478 g/mol. The molecule has 182 valence electrons. The van der Waals surface area contributed by atoms with Gasteiger partial charge in [0.1, 0.15) is 17.3 Å². The van der Waals surface area contributed by atoms with Crippen molar-refractivity contribution in [3.63, 3.8) is 0 Å². The number of nitrogens with zero attached hydrogens (tertiary/aromatic N) is 4. The molecule has 0 spiro atoms. The predicted octanol–water partition coefficient (Wildman–Crippen LogP) is 3.86. The Balaban J connectivity index is 1.66. The number of benzene rings is 2. The molecule has 1 aliphatic rings. The highest BCUT2D eigenvalue weighted by Crippen LogP contribution is 2.29. The molecule has 0 bridgehead atoms. The van der Waals surface area contributed by atoms with Gasteiger partial charge in [0, 0.05) is 13.3 Å². The Morgan fingerprint density at radius 1 is 1.20 bits per heavy atom. The molecule has 9 heteroatoms. The van der Waals surface area contributed by atoms with Gasteiger partial charge in [0.05, 0.1) is 44.0 Å². The quantitative estimate of drug-likeness (QED) is 0.394. The number of carbonyl (C=O) groups excluding carboxylic acids is 1. The normalized spacial score (nSPS) is 16.7. The van der Waals surface area contributed by atoms with Gasteiger partial charge in [-0.3, -0.25) is 14.7 Å². The number of aryl methyl sites for hydroxylation is 1. The van der Waals surface area contributed by atoms with Crippen LogP contribution < -0.4 is 10.1 Å². The van der Waals surface area contributed by atoms with E-state index in [1.54, 1.807) is 43.7 Å². The Labute approximate surface area is 203 Å². The number of methoxy groups -OCH3 is 2. The molecule has 8 nitrogen and oxygen atoms in total. The van der Waals surface area contributed by atoms with Crippen LogP contribution in [-0.4, -0.2) is 53.7 Å². The molecular formula is C26H28FN5O3. The molecule has 1 aliphatic heterocycles. The lowest BCUT2D eigenvalue weighted by Gasteiger charge is -2.23. The number of guanidine groups is 1. The van der Waals surface area contributed by atoms with Gasteiger partial charge in [-0.25, -0.2) is 9.37 Å². The Bertz CT molecular complexity index is 1270. The van der Waals surface area contributed by atoms with E-state index in [0.29, 0.717) is 30.6 Å². The third kappa shape index (κ3) is 5.25. The van der Waals surface area contributed by atoms with E-state index in [4.69, 9.17) is 9.47 Å². The van der Waals surface area contributed by atoms with E-state index < -0.39 is 0 Å². The Kier molecular flexibility index (Phi) is 7.26. The second-order valence-corrected chi connectivity index (χ2v) is 8.14. The van der Waals surface area contributed by atoms with Gasteiger partial charge >= 0.3 is 0 Å². The summed E-state index contributed by atoms with van der Waals surface area (Å²) in [5.74, 6) is 0.510. The summed E-state index contributed by atoms with van der Waals surface area (Å²) in [6.45, 7) is 4.61. The summed E-state index contributed by atoms with van der Waals surface area (Å²) >= 11 is 0. The second-order valence-electron chi connectivity index (χ2n) is 8.14. The molecule has 3 aromatic rings. The van der Waals surface area contributed by atoms with Gasteiger partial charge in [-0.1, -0.05) is 18.2 Å². The molecule has 1 fully saturated rings. The van der Waals surface area contributed by atoms with Crippen molar-refractivity contribution in [3.8, 4) is 11.4 Å². The largest absolute Gasteiger partial charge is 0.495 e. The minimum atomic E-state index is -0.357. The number of hydrogen-bond acceptors (Lipinski definition) is 5. The molecule has 2 heterocycles. The topological polar surface area (TPSA) is 81.0 Å². The van der Waals surface area contributed by atoms with Crippen molar-refractivity contribution in [1.29, 1.82) is 0 Å². The number of hydrogen-bond donors (Lipinski definition) is 1. The highest BCUT2D eigenvalue weighted by atomic mass is 19.1. The standard InChI is InChI=1S/C26H28FN5O3/c1-17-15-31(16-29-17)23-10-5-19(14-24(23)35-4)13-22-25(33)32(26(30-22)28-11-12-34-3)18(2)20-6-8-21(27)9-7-20/h5-10,13-16,18H,11-12H2,1-4H3,(H,28,30)/t18-/m0/s1. The molecule has 0 aliphatic carbocycles. The van der Waals surface area contributed by atoms with E-state index >= 15 is 0 Å². The van der Waals surface area contributed by atoms with Crippen molar-refractivity contribution >= 4 is 17.9 Å². The fourth-order valence-corrected chi connectivity index (χ4v) is 3.88. The van der Waals surface area contributed by atoms with Crippen LogP contribution in [0.5, 0.6) is 5.75 Å². The van der Waals surface area contributed by atoms with Crippen molar-refractivity contribution in [2.75, 3.05) is 27.4 Å². The van der Waals surface area contributed by atoms with Crippen LogP contribution in [0.25, 0.3) is 11.8 Å². The number of rotatable bonds is 8. The van der Waals surface area contributed by atoms with Crippen LogP contribution in [0.4, 0.5) is 4.39 Å². The summed E-state index contributed by atoms with van der Waals surface area (Å²) in [6, 6.07) is 11.4. The van der Waals surface area contributed by atoms with Crippen LogP contribution in [0.3, 0.4) is 0 Å². The Hall–Kier alpha value is -3.98. The van der Waals surface area contributed by atoms with Gasteiger partial charge in [0.15, 0.2) is 0 Å². The zero-order valence-corrected chi connectivity index (χ0v) is 20.2. The zero-order valence-electron chi connectivity index (χ0n) is 20.2. The molecule has 4 rings (SSSR count). The fourth-order valence-electron chi connectivity index (χ4n) is 3.88. The molecule has 1 atom stereocenters. The van der Waals surface area contributed by atoms with Crippen LogP contribution in [0.1, 0.15) is 29.8 Å². The van der Waals surface area contributed by atoms with Crippen LogP contribution in [0.2, 0.25) is 0 Å². The van der Waals surface area contributed by atoms with Crippen LogP contribution in [0.15, 0.2) is 65.7 Å². The smallest absolute Gasteiger partial charge is 0.277 e. The number of ether oxygens (including phenoxy) is 2. The number of aliphatic imine (C=N–C) groups is 1. The summed E-state index contributed by atoms with van der Waals surface area (Å²) in [4.78, 5) is 23.8. The Morgan fingerprint density at radius 3 is 2.63 bits per heavy atom. The van der Waals surface area contributed by atoms with Crippen LogP contribution >= 0.6 is 0 Å². The number of carbonyl (C=O) groups is 1. The number of aromatic nitrogens is 2. The van der Waals surface area contributed by atoms with Crippen molar-refractivity contribution in [3.05, 3.63) is 83.3 Å². The number of imidazole rings is 1. The van der Waals surface area contributed by atoms with E-state index in [2.05, 4.69) is 15.3 Å². The molecule has 0 radical (unpaired) electrons. The molecule has 1 saturated heterocycles. The van der Waals surface area contributed by atoms with Gasteiger partial charge in [-0.2, -0.15) is 0 Å². The van der Waals surface area contributed by atoms with Gasteiger partial charge < -0.3 is 19.4 Å². The van der Waals surface area contributed by atoms with Crippen LogP contribution in [0, 0.1) is 12.7 Å². The second kappa shape index (κ2) is 10.5. The average Bonchev–Trinajstić information content (AvgIpc) is 3.42. The monoisotopic (exact) mass is 477 g/mol. The molecule has 35 heavy (non-hydrogen) atoms. The van der Waals surface area contributed by atoms with Gasteiger partial charge in [0.25, 0.3) is 5.91 Å². The third-order valence-corrected chi connectivity index (χ3v) is 5.73. The number of halogens is 1. The fraction of sp³-hybridized carbons (Fsp3) is 0.269. The van der Waals surface area contributed by atoms with E-state index in [1.807, 2.05) is 42.8 Å². The Morgan fingerprint density at radius 2 is 1.97 bits per heavy atom. The summed E-state index contributed by atoms with van der Waals surface area (Å²) in [5, 5.41) is 3.15. The third-order valence-electron chi connectivity index (χ3n) is 5.73. The van der Waals surface area contributed by atoms with E-state index in [0.717, 1.165) is 22.5 Å². The highest BCUT2D eigenvalue weighted by molar-refractivity contribution is 6.15. The molecule has 2 aromatic carbocycles. The lowest BCUT2D eigenvalue weighted by molar-refractivity contribution is -0.123. The van der Waals surface area contributed by atoms with Crippen molar-refractivity contribution in [2.24, 2.45) is 4.99 Å². The first kappa shape index (κ1) is 24.2. The highest BCUT2D eigenvalue weighted by Gasteiger charge is 2.36. The van der Waals surface area contributed by atoms with Crippen molar-refractivity contribution < 1.29 is 18.7 Å². The molecule has 1 N–H and O–H groups in total. The summed E-state index contributed by atoms with van der Waals surface area (Å²) in [7, 11) is 3.20. The molecular weight excluding hydrogens is 449 g/mol. The summed E-state index contributed by atoms with van der Waals surface area (Å²) in [6.07, 6.45) is 5.40. The van der Waals surface area contributed by atoms with Crippen molar-refractivity contribution in [2.45, 2.75) is 19.9 Å². The molecule has 0 saturated carbocycles. The van der Waals surface area contributed by atoms with E-state index in [9.17, 15) is 9.18 Å². The number of nitrogens with one attached hydrogen (secondary N) is 1. The minimum absolute atomic E-state index is 0.230. The lowest BCUT2D eigenvalue weighted by atomic mass is 10.1. The van der Waals surface area contributed by atoms with E-state index in [-0.39, 0.29) is 17.8 Å². The summed E-state index contributed by atoms with van der Waals surface area (Å²) < 4.78 is 26.0. The minimum Gasteiger partial charge on any atom is -0.495 e. The van der Waals surface area contributed by atoms with Crippen LogP contribution in [-0.2, 0) is 9.53 Å². The first-order valence-corrected chi connectivity index (χ1v) is 11.2. The summed E-state index contributed by atoms with van der Waals surface area (Å²) in [5.41, 5.74) is 3.70. The first-order valence-electron chi connectivity index (χ1n) is 11.2. The maximum absolute atomic E-state index is 13.4. The maximum Gasteiger partial charge on any atom is 0.277 e. The maximum atomic E-state index is 13.4. The molecule has 1 aromatic heterocycles. The lowest BCUT2D eigenvalue weighted by Crippen LogP contribution is -2.35. The van der Waals surface area contributed by atoms with Crippen molar-refractivity contribution in [1.82, 2.24) is 19.8 Å². The predicted molar refractivity (Wildman–Crippen MR) is 132 cm³/mol. The van der Waals surface area contributed by atoms with E-state index in [1.165, 1.54) is 12.1 Å². The SMILES string of the molecule is COCCN=C1NC(=Cc2ccc(-n3cnc(C)c3)c(OC)c2)C(=O)N1[C@@H](C)c1ccc(F)cc1. The number of amides is 1. The molecule has 1 amide bonds. The first-order chi connectivity index (χ1) is 16.9.